The molecule has 0 aliphatic carbocycles. The van der Waals surface area contributed by atoms with E-state index in [1.165, 1.54) is 4.90 Å². The Morgan fingerprint density at radius 3 is 2.64 bits per heavy atom. The lowest BCUT2D eigenvalue weighted by Gasteiger charge is -2.24. The number of thioether (sulfide) groups is 2. The predicted octanol–water partition coefficient (Wildman–Crippen LogP) is 3.59. The van der Waals surface area contributed by atoms with Crippen molar-refractivity contribution in [2.24, 2.45) is 0 Å². The minimum absolute atomic E-state index is 0.00130. The second-order valence-electron chi connectivity index (χ2n) is 4.76. The molecule has 1 amide bonds. The summed E-state index contributed by atoms with van der Waals surface area (Å²) < 4.78 is 5.07. The Kier molecular flexibility index (Phi) is 4.59. The summed E-state index contributed by atoms with van der Waals surface area (Å²) in [5.74, 6) is 1.14. The van der Waals surface area contributed by atoms with Crippen molar-refractivity contribution in [1.29, 1.82) is 0 Å². The monoisotopic (exact) mass is 332 g/mol. The largest absolute Gasteiger partial charge is 0.481 e. The van der Waals surface area contributed by atoms with E-state index >= 15 is 0 Å². The fourth-order valence-corrected chi connectivity index (χ4v) is 3.94. The first-order valence-electron chi connectivity index (χ1n) is 6.80. The number of benzene rings is 1. The number of amides is 1. The predicted molar refractivity (Wildman–Crippen MR) is 91.7 cm³/mol. The summed E-state index contributed by atoms with van der Waals surface area (Å²) in [7, 11) is 1.58. The van der Waals surface area contributed by atoms with Gasteiger partial charge in [-0.1, -0.05) is 12.1 Å². The molecule has 1 aliphatic heterocycles. The molecule has 0 spiro atoms. The summed E-state index contributed by atoms with van der Waals surface area (Å²) in [6.07, 6.45) is 3.74. The number of nitrogens with zero attached hydrogens (tertiary/aromatic N) is 2. The zero-order valence-corrected chi connectivity index (χ0v) is 14.0. The van der Waals surface area contributed by atoms with Crippen LogP contribution in [0.3, 0.4) is 0 Å². The van der Waals surface area contributed by atoms with Gasteiger partial charge in [-0.2, -0.15) is 0 Å². The number of carbonyl (C=O) groups is 1. The first kappa shape index (κ1) is 15.2. The fraction of sp³-hybridized carbons (Fsp3) is 0.250. The second-order valence-corrected chi connectivity index (χ2v) is 6.71. The van der Waals surface area contributed by atoms with Crippen LogP contribution in [-0.2, 0) is 4.79 Å². The van der Waals surface area contributed by atoms with Gasteiger partial charge in [-0.25, -0.2) is 4.98 Å². The van der Waals surface area contributed by atoms with E-state index in [1.54, 1.807) is 42.9 Å². The van der Waals surface area contributed by atoms with Gasteiger partial charge in [0.05, 0.1) is 24.7 Å². The van der Waals surface area contributed by atoms with E-state index in [1.807, 2.05) is 11.0 Å². The normalized spacial score (nSPS) is 17.8. The van der Waals surface area contributed by atoms with Crippen molar-refractivity contribution in [2.75, 3.05) is 24.0 Å². The molecule has 0 radical (unpaired) electrons. The van der Waals surface area contributed by atoms with Gasteiger partial charge in [-0.15, -0.1) is 23.5 Å². The standard InChI is InChI=1S/C16H16N2O2S2/c1-20-14-8-5-12(9-17-14)18-15(19)10-22-16(18)11-3-6-13(21-2)7-4-11/h3-9,16H,10H2,1-2H3. The van der Waals surface area contributed by atoms with Crippen LogP contribution in [0.1, 0.15) is 10.9 Å². The van der Waals surface area contributed by atoms with Gasteiger partial charge in [-0.3, -0.25) is 9.69 Å². The number of pyridine rings is 1. The van der Waals surface area contributed by atoms with Gasteiger partial charge in [0.1, 0.15) is 5.37 Å². The highest BCUT2D eigenvalue weighted by atomic mass is 32.2. The van der Waals surface area contributed by atoms with Gasteiger partial charge in [0.15, 0.2) is 0 Å². The van der Waals surface area contributed by atoms with Crippen LogP contribution in [0.25, 0.3) is 0 Å². The molecule has 6 heteroatoms. The van der Waals surface area contributed by atoms with Crippen LogP contribution >= 0.6 is 23.5 Å². The lowest BCUT2D eigenvalue weighted by atomic mass is 10.2. The van der Waals surface area contributed by atoms with Crippen molar-refractivity contribution < 1.29 is 9.53 Å². The van der Waals surface area contributed by atoms with E-state index in [0.29, 0.717) is 11.6 Å². The maximum Gasteiger partial charge on any atom is 0.238 e. The molecule has 4 nitrogen and oxygen atoms in total. The first-order chi connectivity index (χ1) is 10.7. The molecule has 1 fully saturated rings. The Labute approximate surface area is 138 Å². The van der Waals surface area contributed by atoms with Gasteiger partial charge < -0.3 is 4.74 Å². The van der Waals surface area contributed by atoms with Gasteiger partial charge in [0.2, 0.25) is 11.8 Å². The lowest BCUT2D eigenvalue weighted by molar-refractivity contribution is -0.115. The first-order valence-corrected chi connectivity index (χ1v) is 9.08. The summed E-state index contributed by atoms with van der Waals surface area (Å²) in [6, 6.07) is 12.0. The molecule has 22 heavy (non-hydrogen) atoms. The van der Waals surface area contributed by atoms with Crippen molar-refractivity contribution in [3.63, 3.8) is 0 Å². The van der Waals surface area contributed by atoms with Crippen LogP contribution < -0.4 is 9.64 Å². The van der Waals surface area contributed by atoms with E-state index < -0.39 is 0 Å². The van der Waals surface area contributed by atoms with Crippen molar-refractivity contribution in [1.82, 2.24) is 4.98 Å². The number of carbonyl (C=O) groups excluding carboxylic acids is 1. The highest BCUT2D eigenvalue weighted by Crippen LogP contribution is 2.41. The molecule has 0 saturated carbocycles. The van der Waals surface area contributed by atoms with E-state index in [4.69, 9.17) is 4.74 Å². The molecule has 1 aromatic heterocycles. The number of anilines is 1. The SMILES string of the molecule is COc1ccc(N2C(=O)CSC2c2ccc(SC)cc2)cn1. The highest BCUT2D eigenvalue weighted by molar-refractivity contribution is 8.00. The quantitative estimate of drug-likeness (QED) is 0.801. The average Bonchev–Trinajstić information content (AvgIpc) is 2.96. The Balaban J connectivity index is 1.90. The molecular formula is C16H16N2O2S2. The topological polar surface area (TPSA) is 42.4 Å². The van der Waals surface area contributed by atoms with Crippen LogP contribution in [-0.4, -0.2) is 30.0 Å². The molecule has 1 aliphatic rings. The molecule has 2 aromatic rings. The van der Waals surface area contributed by atoms with Crippen LogP contribution in [0.4, 0.5) is 5.69 Å². The van der Waals surface area contributed by atoms with Crippen LogP contribution in [0, 0.1) is 0 Å². The summed E-state index contributed by atoms with van der Waals surface area (Å²) in [6.45, 7) is 0. The highest BCUT2D eigenvalue weighted by Gasteiger charge is 2.34. The summed E-state index contributed by atoms with van der Waals surface area (Å²) >= 11 is 3.35. The van der Waals surface area contributed by atoms with Crippen LogP contribution in [0.5, 0.6) is 5.88 Å². The minimum Gasteiger partial charge on any atom is -0.481 e. The fourth-order valence-electron chi connectivity index (χ4n) is 2.35. The van der Waals surface area contributed by atoms with Gasteiger partial charge in [0, 0.05) is 11.0 Å². The molecule has 0 bridgehead atoms. The third kappa shape index (κ3) is 2.94. The Morgan fingerprint density at radius 1 is 1.27 bits per heavy atom. The molecule has 1 unspecified atom stereocenters. The Bertz CT molecular complexity index is 659. The van der Waals surface area contributed by atoms with Crippen molar-refractivity contribution in [2.45, 2.75) is 10.3 Å². The van der Waals surface area contributed by atoms with Crippen molar-refractivity contribution in [3.05, 3.63) is 48.2 Å². The maximum absolute atomic E-state index is 12.3. The molecule has 0 N–H and O–H groups in total. The van der Waals surface area contributed by atoms with Crippen molar-refractivity contribution >= 4 is 35.1 Å². The number of rotatable bonds is 4. The van der Waals surface area contributed by atoms with E-state index in [9.17, 15) is 4.79 Å². The zero-order chi connectivity index (χ0) is 15.5. The number of hydrogen-bond acceptors (Lipinski definition) is 5. The van der Waals surface area contributed by atoms with E-state index in [0.717, 1.165) is 11.3 Å². The summed E-state index contributed by atoms with van der Waals surface area (Å²) in [5.41, 5.74) is 1.93. The van der Waals surface area contributed by atoms with Gasteiger partial charge >= 0.3 is 0 Å². The summed E-state index contributed by atoms with van der Waals surface area (Å²) in [4.78, 5) is 19.5. The van der Waals surface area contributed by atoms with Crippen LogP contribution in [0.15, 0.2) is 47.5 Å². The number of aromatic nitrogens is 1. The number of methoxy groups -OCH3 is 1. The lowest BCUT2D eigenvalue weighted by Crippen LogP contribution is -2.27. The second kappa shape index (κ2) is 6.62. The molecule has 3 rings (SSSR count). The Morgan fingerprint density at radius 2 is 2.05 bits per heavy atom. The molecular weight excluding hydrogens is 316 g/mol. The Hall–Kier alpha value is -1.66. The van der Waals surface area contributed by atoms with E-state index in [2.05, 4.69) is 35.5 Å². The molecule has 1 atom stereocenters. The summed E-state index contributed by atoms with van der Waals surface area (Å²) in [5, 5.41) is -0.00130. The minimum atomic E-state index is -0.00130. The van der Waals surface area contributed by atoms with Crippen LogP contribution in [0.2, 0.25) is 0 Å². The maximum atomic E-state index is 12.3. The molecule has 1 saturated heterocycles. The number of hydrogen-bond donors (Lipinski definition) is 0. The molecule has 2 heterocycles. The third-order valence-corrected chi connectivity index (χ3v) is 5.43. The van der Waals surface area contributed by atoms with E-state index in [-0.39, 0.29) is 11.3 Å². The van der Waals surface area contributed by atoms with Gasteiger partial charge in [0.25, 0.3) is 0 Å². The van der Waals surface area contributed by atoms with Crippen molar-refractivity contribution in [3.8, 4) is 5.88 Å². The smallest absolute Gasteiger partial charge is 0.238 e. The number of ether oxygens (including phenoxy) is 1. The zero-order valence-electron chi connectivity index (χ0n) is 12.4. The molecule has 114 valence electrons. The average molecular weight is 332 g/mol. The third-order valence-electron chi connectivity index (χ3n) is 3.48. The molecule has 1 aromatic carbocycles. The van der Waals surface area contributed by atoms with Gasteiger partial charge in [-0.05, 0) is 30.0 Å².